The lowest BCUT2D eigenvalue weighted by atomic mass is 10.0. The third kappa shape index (κ3) is 3.02. The molecule has 2 heterocycles. The molecule has 0 spiro atoms. The Morgan fingerprint density at radius 2 is 2.24 bits per heavy atom. The summed E-state index contributed by atoms with van der Waals surface area (Å²) in [4.78, 5) is 13.8. The summed E-state index contributed by atoms with van der Waals surface area (Å²) in [6.45, 7) is 4.26. The van der Waals surface area contributed by atoms with Gasteiger partial charge in [0.1, 0.15) is 5.69 Å². The fourth-order valence-corrected chi connectivity index (χ4v) is 3.48. The first-order chi connectivity index (χ1) is 10.1. The van der Waals surface area contributed by atoms with E-state index in [4.69, 9.17) is 0 Å². The first-order valence-electron chi connectivity index (χ1n) is 7.44. The minimum Gasteiger partial charge on any atom is -0.343 e. The molecule has 4 nitrogen and oxygen atoms in total. The minimum atomic E-state index is -0.0380. The van der Waals surface area contributed by atoms with Gasteiger partial charge in [0.2, 0.25) is 0 Å². The molecule has 2 aromatic heterocycles. The van der Waals surface area contributed by atoms with E-state index in [-0.39, 0.29) is 11.9 Å². The van der Waals surface area contributed by atoms with Gasteiger partial charge in [-0.1, -0.05) is 19.9 Å². The zero-order valence-corrected chi connectivity index (χ0v) is 13.5. The molecule has 0 radical (unpaired) electrons. The van der Waals surface area contributed by atoms with Crippen LogP contribution in [0.3, 0.4) is 0 Å². The molecule has 1 N–H and O–H groups in total. The molecule has 1 aliphatic carbocycles. The van der Waals surface area contributed by atoms with Crippen LogP contribution in [-0.2, 0) is 7.05 Å². The van der Waals surface area contributed by atoms with Crippen molar-refractivity contribution >= 4 is 17.2 Å². The van der Waals surface area contributed by atoms with Gasteiger partial charge >= 0.3 is 0 Å². The van der Waals surface area contributed by atoms with E-state index in [0.717, 1.165) is 5.69 Å². The minimum absolute atomic E-state index is 0.0380. The summed E-state index contributed by atoms with van der Waals surface area (Å²) in [6.07, 6.45) is 2.39. The first-order valence-corrected chi connectivity index (χ1v) is 8.32. The molecule has 0 saturated heterocycles. The van der Waals surface area contributed by atoms with E-state index < -0.39 is 0 Å². The van der Waals surface area contributed by atoms with Crippen molar-refractivity contribution in [3.8, 4) is 0 Å². The monoisotopic (exact) mass is 303 g/mol. The molecule has 1 saturated carbocycles. The number of hydrogen-bond donors (Lipinski definition) is 1. The SMILES string of the molecule is CC(C)[C@H](NC(=O)c1cc(C2CC2)nn1C)c1cccs1. The van der Waals surface area contributed by atoms with Crippen LogP contribution < -0.4 is 5.32 Å². The third-order valence-corrected chi connectivity index (χ3v) is 4.89. The van der Waals surface area contributed by atoms with Gasteiger partial charge in [-0.05, 0) is 36.3 Å². The summed E-state index contributed by atoms with van der Waals surface area (Å²) >= 11 is 1.68. The largest absolute Gasteiger partial charge is 0.343 e. The average molecular weight is 303 g/mol. The molecule has 0 unspecified atom stereocenters. The molecule has 1 aliphatic rings. The number of amides is 1. The second kappa shape index (κ2) is 5.64. The Morgan fingerprint density at radius 3 is 2.81 bits per heavy atom. The lowest BCUT2D eigenvalue weighted by molar-refractivity contribution is 0.0917. The van der Waals surface area contributed by atoms with Crippen LogP contribution in [0.4, 0.5) is 0 Å². The fraction of sp³-hybridized carbons (Fsp3) is 0.500. The van der Waals surface area contributed by atoms with Crippen LogP contribution >= 0.6 is 11.3 Å². The topological polar surface area (TPSA) is 46.9 Å². The summed E-state index contributed by atoms with van der Waals surface area (Å²) in [7, 11) is 1.84. The number of nitrogens with one attached hydrogen (secondary N) is 1. The molecule has 5 heteroatoms. The van der Waals surface area contributed by atoms with Crippen LogP contribution in [0.25, 0.3) is 0 Å². The van der Waals surface area contributed by atoms with E-state index in [0.29, 0.717) is 17.5 Å². The van der Waals surface area contributed by atoms with Crippen LogP contribution in [0, 0.1) is 5.92 Å². The molecule has 2 aromatic rings. The Labute approximate surface area is 129 Å². The van der Waals surface area contributed by atoms with E-state index in [1.54, 1.807) is 16.0 Å². The third-order valence-electron chi connectivity index (χ3n) is 3.93. The number of thiophene rings is 1. The zero-order valence-electron chi connectivity index (χ0n) is 12.7. The number of carbonyl (C=O) groups is 1. The predicted molar refractivity (Wildman–Crippen MR) is 84.5 cm³/mol. The highest BCUT2D eigenvalue weighted by molar-refractivity contribution is 7.10. The van der Waals surface area contributed by atoms with Gasteiger partial charge in [0.05, 0.1) is 11.7 Å². The molecule has 21 heavy (non-hydrogen) atoms. The van der Waals surface area contributed by atoms with Crippen molar-refractivity contribution in [1.82, 2.24) is 15.1 Å². The molecule has 0 aliphatic heterocycles. The Balaban J connectivity index is 1.78. The zero-order chi connectivity index (χ0) is 15.0. The van der Waals surface area contributed by atoms with Crippen LogP contribution in [0.5, 0.6) is 0 Å². The van der Waals surface area contributed by atoms with Gasteiger partial charge in [0.25, 0.3) is 5.91 Å². The Morgan fingerprint density at radius 1 is 1.48 bits per heavy atom. The van der Waals surface area contributed by atoms with Crippen molar-refractivity contribution in [3.63, 3.8) is 0 Å². The molecule has 1 atom stereocenters. The van der Waals surface area contributed by atoms with Crippen molar-refractivity contribution < 1.29 is 4.79 Å². The van der Waals surface area contributed by atoms with Crippen molar-refractivity contribution in [1.29, 1.82) is 0 Å². The van der Waals surface area contributed by atoms with Crippen LogP contribution in [-0.4, -0.2) is 15.7 Å². The smallest absolute Gasteiger partial charge is 0.270 e. The number of aryl methyl sites for hydroxylation is 1. The first kappa shape index (κ1) is 14.3. The van der Waals surface area contributed by atoms with Gasteiger partial charge in [-0.3, -0.25) is 9.48 Å². The van der Waals surface area contributed by atoms with E-state index >= 15 is 0 Å². The van der Waals surface area contributed by atoms with Gasteiger partial charge in [0.15, 0.2) is 0 Å². The highest BCUT2D eigenvalue weighted by Crippen LogP contribution is 2.39. The quantitative estimate of drug-likeness (QED) is 0.919. The second-order valence-electron chi connectivity index (χ2n) is 6.06. The van der Waals surface area contributed by atoms with Crippen LogP contribution in [0.2, 0.25) is 0 Å². The molecule has 1 fully saturated rings. The standard InChI is InChI=1S/C16H21N3OS/c1-10(2)15(14-5-4-8-21-14)17-16(20)13-9-12(11-6-7-11)18-19(13)3/h4-5,8-11,15H,6-7H2,1-3H3,(H,17,20)/t15-/m0/s1. The average Bonchev–Trinajstić information content (AvgIpc) is 3.00. The number of carbonyl (C=O) groups excluding carboxylic acids is 1. The molecule has 3 rings (SSSR count). The maximum atomic E-state index is 12.6. The van der Waals surface area contributed by atoms with Gasteiger partial charge in [-0.15, -0.1) is 11.3 Å². The van der Waals surface area contributed by atoms with E-state index in [2.05, 4.69) is 30.3 Å². The maximum absolute atomic E-state index is 12.6. The highest BCUT2D eigenvalue weighted by atomic mass is 32.1. The van der Waals surface area contributed by atoms with Crippen molar-refractivity contribution in [2.75, 3.05) is 0 Å². The van der Waals surface area contributed by atoms with Gasteiger partial charge in [-0.2, -0.15) is 5.10 Å². The number of aromatic nitrogens is 2. The second-order valence-corrected chi connectivity index (χ2v) is 7.04. The normalized spacial score (nSPS) is 16.2. The Hall–Kier alpha value is -1.62. The molecular formula is C16H21N3OS. The predicted octanol–water partition coefficient (Wildman–Crippen LogP) is 3.49. The van der Waals surface area contributed by atoms with Crippen molar-refractivity contribution in [2.45, 2.75) is 38.6 Å². The summed E-state index contributed by atoms with van der Waals surface area (Å²) in [5, 5.41) is 9.67. The summed E-state index contributed by atoms with van der Waals surface area (Å²) in [6, 6.07) is 6.10. The van der Waals surface area contributed by atoms with Crippen LogP contribution in [0.15, 0.2) is 23.6 Å². The van der Waals surface area contributed by atoms with Crippen LogP contribution in [0.1, 0.15) is 59.7 Å². The number of rotatable bonds is 5. The van der Waals surface area contributed by atoms with E-state index in [1.165, 1.54) is 17.7 Å². The number of nitrogens with zero attached hydrogens (tertiary/aromatic N) is 2. The number of hydrogen-bond acceptors (Lipinski definition) is 3. The highest BCUT2D eigenvalue weighted by Gasteiger charge is 2.29. The lowest BCUT2D eigenvalue weighted by Crippen LogP contribution is -2.32. The molecule has 1 amide bonds. The van der Waals surface area contributed by atoms with E-state index in [9.17, 15) is 4.79 Å². The fourth-order valence-electron chi connectivity index (χ4n) is 2.53. The lowest BCUT2D eigenvalue weighted by Gasteiger charge is -2.21. The van der Waals surface area contributed by atoms with Gasteiger partial charge in [0, 0.05) is 17.8 Å². The van der Waals surface area contributed by atoms with Gasteiger partial charge in [-0.25, -0.2) is 0 Å². The summed E-state index contributed by atoms with van der Waals surface area (Å²) in [5.41, 5.74) is 1.71. The summed E-state index contributed by atoms with van der Waals surface area (Å²) < 4.78 is 1.70. The molecule has 0 bridgehead atoms. The molecule has 112 valence electrons. The van der Waals surface area contributed by atoms with Gasteiger partial charge < -0.3 is 5.32 Å². The Kier molecular flexibility index (Phi) is 3.85. The van der Waals surface area contributed by atoms with E-state index in [1.807, 2.05) is 24.6 Å². The summed E-state index contributed by atoms with van der Waals surface area (Å²) in [5.74, 6) is 0.878. The Bertz CT molecular complexity index is 626. The van der Waals surface area contributed by atoms with Crippen molar-refractivity contribution in [2.24, 2.45) is 13.0 Å². The molecular weight excluding hydrogens is 282 g/mol. The maximum Gasteiger partial charge on any atom is 0.270 e. The van der Waals surface area contributed by atoms with Crippen molar-refractivity contribution in [3.05, 3.63) is 39.8 Å². The molecule has 0 aromatic carbocycles.